The number of hydrogen-bond acceptors (Lipinski definition) is 0. The molecule has 0 N–H and O–H groups in total. The molecule has 170 valence electrons. The second kappa shape index (κ2) is 11.7. The molecule has 31 heavy (non-hydrogen) atoms. The molecular weight excluding hydrogens is 393 g/mol. The van der Waals surface area contributed by atoms with Gasteiger partial charge in [0, 0.05) is 0 Å². The minimum absolute atomic E-state index is 0.0536. The van der Waals surface area contributed by atoms with E-state index in [0.717, 1.165) is 62.5 Å². The van der Waals surface area contributed by atoms with Crippen LogP contribution in [-0.2, 0) is 19.3 Å². The van der Waals surface area contributed by atoms with Gasteiger partial charge in [0.05, 0.1) is 0 Å². The summed E-state index contributed by atoms with van der Waals surface area (Å²) in [5, 5.41) is 0. The fraction of sp³-hybridized carbons (Fsp3) is 0.571. The zero-order valence-corrected chi connectivity index (χ0v) is 19.2. The van der Waals surface area contributed by atoms with Crippen molar-refractivity contribution in [1.82, 2.24) is 0 Å². The van der Waals surface area contributed by atoms with Gasteiger partial charge in [-0.2, -0.15) is 0 Å². The molecule has 0 saturated heterocycles. The Morgan fingerprint density at radius 1 is 0.742 bits per heavy atom. The van der Waals surface area contributed by atoms with Gasteiger partial charge in [-0.05, 0) is 97.9 Å². The lowest BCUT2D eigenvalue weighted by Crippen LogP contribution is -2.15. The average Bonchev–Trinajstić information content (AvgIpc) is 2.77. The lowest BCUT2D eigenvalue weighted by molar-refractivity contribution is 0.305. The first-order valence-corrected chi connectivity index (χ1v) is 12.3. The monoisotopic (exact) mass is 430 g/mol. The number of halogens is 3. The molecular formula is C28H37F3. The first kappa shape index (κ1) is 23.9. The fourth-order valence-corrected chi connectivity index (χ4v) is 5.04. The summed E-state index contributed by atoms with van der Waals surface area (Å²) in [5.41, 5.74) is 2.92. The van der Waals surface area contributed by atoms with Gasteiger partial charge in [-0.15, -0.1) is 0 Å². The van der Waals surface area contributed by atoms with E-state index >= 15 is 0 Å². The minimum atomic E-state index is -0.670. The molecule has 1 saturated carbocycles. The summed E-state index contributed by atoms with van der Waals surface area (Å²) in [6.45, 7) is 4.15. The zero-order valence-electron chi connectivity index (χ0n) is 19.2. The molecule has 3 rings (SSSR count). The normalized spacial score (nSPS) is 19.0. The Morgan fingerprint density at radius 2 is 1.42 bits per heavy atom. The van der Waals surface area contributed by atoms with Crippen molar-refractivity contribution in [1.29, 1.82) is 0 Å². The first-order valence-electron chi connectivity index (χ1n) is 12.3. The number of hydrogen-bond donors (Lipinski definition) is 0. The predicted octanol–water partition coefficient (Wildman–Crippen LogP) is 8.70. The maximum atomic E-state index is 14.7. The van der Waals surface area contributed by atoms with Crippen molar-refractivity contribution < 1.29 is 13.2 Å². The molecule has 2 aromatic carbocycles. The van der Waals surface area contributed by atoms with Crippen LogP contribution in [0.3, 0.4) is 0 Å². The number of rotatable bonds is 10. The molecule has 0 atom stereocenters. The van der Waals surface area contributed by atoms with Crippen LogP contribution in [0.2, 0.25) is 0 Å². The summed E-state index contributed by atoms with van der Waals surface area (Å²) in [5.74, 6) is -0.603. The molecule has 2 aromatic rings. The van der Waals surface area contributed by atoms with Gasteiger partial charge in [-0.3, -0.25) is 0 Å². The van der Waals surface area contributed by atoms with Crippen molar-refractivity contribution in [3.63, 3.8) is 0 Å². The molecule has 0 nitrogen and oxygen atoms in total. The number of unbranched alkanes of at least 4 members (excludes halogenated alkanes) is 2. The SMILES string of the molecule is CCCCCc1ccc(C2CCC(CCc3ccc(CCC)c(F)c3F)CC2)c(F)c1. The van der Waals surface area contributed by atoms with Crippen molar-refractivity contribution in [3.05, 3.63) is 70.0 Å². The zero-order chi connectivity index (χ0) is 22.2. The van der Waals surface area contributed by atoms with Crippen molar-refractivity contribution in [2.45, 2.75) is 96.8 Å². The molecule has 0 radical (unpaired) electrons. The maximum absolute atomic E-state index is 14.7. The summed E-state index contributed by atoms with van der Waals surface area (Å²) in [7, 11) is 0. The Kier molecular flexibility index (Phi) is 9.04. The molecule has 1 aliphatic rings. The van der Waals surface area contributed by atoms with Gasteiger partial charge in [-0.25, -0.2) is 13.2 Å². The van der Waals surface area contributed by atoms with E-state index in [2.05, 4.69) is 13.0 Å². The second-order valence-corrected chi connectivity index (χ2v) is 9.33. The molecule has 0 aliphatic heterocycles. The third-order valence-corrected chi connectivity index (χ3v) is 7.00. The van der Waals surface area contributed by atoms with E-state index in [0.29, 0.717) is 29.9 Å². The predicted molar refractivity (Wildman–Crippen MR) is 123 cm³/mol. The highest BCUT2D eigenvalue weighted by Gasteiger charge is 2.25. The Bertz CT molecular complexity index is 834. The summed E-state index contributed by atoms with van der Waals surface area (Å²) >= 11 is 0. The molecule has 0 amide bonds. The van der Waals surface area contributed by atoms with Crippen LogP contribution in [0.15, 0.2) is 30.3 Å². The highest BCUT2D eigenvalue weighted by atomic mass is 19.2. The van der Waals surface area contributed by atoms with Crippen LogP contribution in [0.4, 0.5) is 13.2 Å². The van der Waals surface area contributed by atoms with Crippen LogP contribution in [0.25, 0.3) is 0 Å². The fourth-order valence-electron chi connectivity index (χ4n) is 5.04. The summed E-state index contributed by atoms with van der Waals surface area (Å²) in [6.07, 6.45) is 11.3. The van der Waals surface area contributed by atoms with Crippen LogP contribution in [-0.4, -0.2) is 0 Å². The summed E-state index contributed by atoms with van der Waals surface area (Å²) < 4.78 is 43.3. The van der Waals surface area contributed by atoms with Crippen molar-refractivity contribution in [2.75, 3.05) is 0 Å². The quantitative estimate of drug-likeness (QED) is 0.331. The van der Waals surface area contributed by atoms with E-state index in [-0.39, 0.29) is 11.7 Å². The average molecular weight is 431 g/mol. The van der Waals surface area contributed by atoms with Crippen LogP contribution >= 0.6 is 0 Å². The lowest BCUT2D eigenvalue weighted by atomic mass is 9.76. The highest BCUT2D eigenvalue weighted by Crippen LogP contribution is 2.39. The lowest BCUT2D eigenvalue weighted by Gasteiger charge is -2.29. The smallest absolute Gasteiger partial charge is 0.162 e. The largest absolute Gasteiger partial charge is 0.207 e. The molecule has 0 spiro atoms. The van der Waals surface area contributed by atoms with Crippen LogP contribution in [0, 0.1) is 23.4 Å². The topological polar surface area (TPSA) is 0 Å². The third kappa shape index (κ3) is 6.37. The summed E-state index contributed by atoms with van der Waals surface area (Å²) in [4.78, 5) is 0. The number of benzene rings is 2. The molecule has 0 unspecified atom stereocenters. The van der Waals surface area contributed by atoms with Gasteiger partial charge in [0.15, 0.2) is 11.6 Å². The third-order valence-electron chi connectivity index (χ3n) is 7.00. The molecule has 3 heteroatoms. The van der Waals surface area contributed by atoms with E-state index in [9.17, 15) is 13.2 Å². The molecule has 1 aliphatic carbocycles. The van der Waals surface area contributed by atoms with Crippen LogP contribution in [0.1, 0.15) is 99.8 Å². The molecule has 0 aromatic heterocycles. The summed E-state index contributed by atoms with van der Waals surface area (Å²) in [6, 6.07) is 9.32. The van der Waals surface area contributed by atoms with Crippen LogP contribution < -0.4 is 0 Å². The second-order valence-electron chi connectivity index (χ2n) is 9.33. The minimum Gasteiger partial charge on any atom is -0.207 e. The standard InChI is InChI=1S/C28H37F3/c1-3-5-6-8-21-12-18-25(26(29)19-21)22-13-9-20(10-14-22)11-15-24-17-16-23(7-4-2)27(30)28(24)31/h12,16-20,22H,3-11,13-15H2,1-2H3. The Hall–Kier alpha value is -1.77. The van der Waals surface area contributed by atoms with E-state index in [1.165, 1.54) is 12.8 Å². The highest BCUT2D eigenvalue weighted by molar-refractivity contribution is 5.28. The van der Waals surface area contributed by atoms with Gasteiger partial charge in [0.2, 0.25) is 0 Å². The maximum Gasteiger partial charge on any atom is 0.162 e. The Labute approximate surface area is 186 Å². The van der Waals surface area contributed by atoms with Gasteiger partial charge in [0.25, 0.3) is 0 Å². The Balaban J connectivity index is 1.50. The van der Waals surface area contributed by atoms with E-state index in [4.69, 9.17) is 0 Å². The molecule has 0 bridgehead atoms. The molecule has 1 fully saturated rings. The van der Waals surface area contributed by atoms with Crippen molar-refractivity contribution in [3.8, 4) is 0 Å². The van der Waals surface area contributed by atoms with Crippen molar-refractivity contribution >= 4 is 0 Å². The van der Waals surface area contributed by atoms with E-state index in [1.54, 1.807) is 18.2 Å². The van der Waals surface area contributed by atoms with Crippen molar-refractivity contribution in [2.24, 2.45) is 5.92 Å². The number of aryl methyl sites for hydroxylation is 3. The Morgan fingerprint density at radius 3 is 2.03 bits per heavy atom. The molecule has 0 heterocycles. The first-order chi connectivity index (χ1) is 15.0. The van der Waals surface area contributed by atoms with Gasteiger partial charge in [0.1, 0.15) is 5.82 Å². The van der Waals surface area contributed by atoms with Crippen LogP contribution in [0.5, 0.6) is 0 Å². The van der Waals surface area contributed by atoms with Gasteiger partial charge in [-0.1, -0.05) is 57.4 Å². The van der Waals surface area contributed by atoms with Gasteiger partial charge >= 0.3 is 0 Å². The van der Waals surface area contributed by atoms with E-state index < -0.39 is 11.6 Å². The van der Waals surface area contributed by atoms with E-state index in [1.807, 2.05) is 13.0 Å². The van der Waals surface area contributed by atoms with Gasteiger partial charge < -0.3 is 0 Å².